The summed E-state index contributed by atoms with van der Waals surface area (Å²) in [6, 6.07) is 7.22. The van der Waals surface area contributed by atoms with Gasteiger partial charge < -0.3 is 15.2 Å². The third kappa shape index (κ3) is 5.87. The monoisotopic (exact) mass is 275 g/mol. The molecular weight excluding hydrogens is 254 g/mol. The quantitative estimate of drug-likeness (QED) is 0.775. The molecule has 4 heteroatoms. The fourth-order valence-corrected chi connectivity index (χ4v) is 1.63. The molecule has 0 spiro atoms. The maximum Gasteiger partial charge on any atom is 0.251 e. The predicted octanol–water partition coefficient (Wildman–Crippen LogP) is 1.58. The molecule has 0 heterocycles. The Kier molecular flexibility index (Phi) is 7.41. The van der Waals surface area contributed by atoms with E-state index in [1.54, 1.807) is 25.3 Å². The summed E-state index contributed by atoms with van der Waals surface area (Å²) in [4.78, 5) is 12.1. The molecule has 0 radical (unpaired) electrons. The molecule has 0 saturated heterocycles. The summed E-state index contributed by atoms with van der Waals surface area (Å²) in [5.74, 6) is 5.64. The van der Waals surface area contributed by atoms with Crippen molar-refractivity contribution >= 4 is 5.91 Å². The largest absolute Gasteiger partial charge is 0.395 e. The third-order valence-corrected chi connectivity index (χ3v) is 2.73. The molecule has 0 fully saturated rings. The molecule has 4 nitrogen and oxygen atoms in total. The number of carbonyl (C=O) groups is 1. The highest BCUT2D eigenvalue weighted by Gasteiger charge is 2.09. The molecule has 0 saturated carbocycles. The molecular formula is C16H21NO3. The Morgan fingerprint density at radius 1 is 1.50 bits per heavy atom. The number of hydrogen-bond acceptors (Lipinski definition) is 3. The minimum Gasteiger partial charge on any atom is -0.395 e. The zero-order valence-electron chi connectivity index (χ0n) is 12.0. The van der Waals surface area contributed by atoms with Crippen molar-refractivity contribution in [2.45, 2.75) is 25.8 Å². The zero-order valence-corrected chi connectivity index (χ0v) is 12.0. The molecule has 0 aliphatic heterocycles. The van der Waals surface area contributed by atoms with E-state index in [-0.39, 0.29) is 18.6 Å². The van der Waals surface area contributed by atoms with E-state index in [4.69, 9.17) is 9.84 Å². The summed E-state index contributed by atoms with van der Waals surface area (Å²) in [6.07, 6.45) is 1.21. The van der Waals surface area contributed by atoms with Gasteiger partial charge >= 0.3 is 0 Å². The Morgan fingerprint density at radius 2 is 2.30 bits per heavy atom. The summed E-state index contributed by atoms with van der Waals surface area (Å²) < 4.78 is 4.98. The van der Waals surface area contributed by atoms with Crippen molar-refractivity contribution in [1.29, 1.82) is 0 Å². The van der Waals surface area contributed by atoms with Crippen molar-refractivity contribution in [2.24, 2.45) is 0 Å². The molecule has 0 aliphatic carbocycles. The lowest BCUT2D eigenvalue weighted by Crippen LogP contribution is -2.33. The van der Waals surface area contributed by atoms with Gasteiger partial charge in [-0.3, -0.25) is 4.79 Å². The molecule has 0 bridgehead atoms. The number of aliphatic hydroxyl groups excluding tert-OH is 1. The molecule has 2 N–H and O–H groups in total. The second-order valence-electron chi connectivity index (χ2n) is 4.51. The van der Waals surface area contributed by atoms with Crippen LogP contribution in [0.4, 0.5) is 0 Å². The molecule has 0 aliphatic rings. The molecule has 20 heavy (non-hydrogen) atoms. The highest BCUT2D eigenvalue weighted by atomic mass is 16.5. The number of ether oxygens (including phenoxy) is 1. The first-order valence-electron chi connectivity index (χ1n) is 6.67. The summed E-state index contributed by atoms with van der Waals surface area (Å²) in [5, 5.41) is 11.6. The molecule has 1 unspecified atom stereocenters. The van der Waals surface area contributed by atoms with Gasteiger partial charge in [0.1, 0.15) is 0 Å². The lowest BCUT2D eigenvalue weighted by Gasteiger charge is -2.13. The smallest absolute Gasteiger partial charge is 0.251 e. The predicted molar refractivity (Wildman–Crippen MR) is 78.4 cm³/mol. The van der Waals surface area contributed by atoms with Crippen LogP contribution in [-0.2, 0) is 4.74 Å². The molecule has 1 aromatic carbocycles. The van der Waals surface area contributed by atoms with E-state index in [1.165, 1.54) is 0 Å². The Morgan fingerprint density at radius 3 is 3.00 bits per heavy atom. The number of hydrogen-bond donors (Lipinski definition) is 2. The van der Waals surface area contributed by atoms with Crippen molar-refractivity contribution in [3.63, 3.8) is 0 Å². The minimum atomic E-state index is -0.112. The second kappa shape index (κ2) is 9.13. The van der Waals surface area contributed by atoms with Crippen LogP contribution in [0.2, 0.25) is 0 Å². The van der Waals surface area contributed by atoms with Crippen LogP contribution in [0, 0.1) is 11.8 Å². The van der Waals surface area contributed by atoms with E-state index < -0.39 is 0 Å². The lowest BCUT2D eigenvalue weighted by molar-refractivity contribution is 0.0929. The Labute approximate surface area is 120 Å². The number of nitrogens with one attached hydrogen (secondary N) is 1. The molecule has 1 amide bonds. The van der Waals surface area contributed by atoms with Gasteiger partial charge in [0.25, 0.3) is 5.91 Å². The van der Waals surface area contributed by atoms with Gasteiger partial charge in [0.05, 0.1) is 6.61 Å². The average Bonchev–Trinajstić information content (AvgIpc) is 2.45. The van der Waals surface area contributed by atoms with Crippen LogP contribution in [-0.4, -0.2) is 37.4 Å². The van der Waals surface area contributed by atoms with Crippen LogP contribution >= 0.6 is 0 Å². The summed E-state index contributed by atoms with van der Waals surface area (Å²) in [6.45, 7) is 2.61. The maximum absolute atomic E-state index is 12.1. The first-order chi connectivity index (χ1) is 9.67. The van der Waals surface area contributed by atoms with Crippen LogP contribution in [0.25, 0.3) is 0 Å². The van der Waals surface area contributed by atoms with Crippen molar-refractivity contribution in [2.75, 3.05) is 20.3 Å². The van der Waals surface area contributed by atoms with Crippen molar-refractivity contribution in [3.05, 3.63) is 35.4 Å². The van der Waals surface area contributed by atoms with Crippen LogP contribution in [0.1, 0.15) is 35.7 Å². The summed E-state index contributed by atoms with van der Waals surface area (Å²) >= 11 is 0. The van der Waals surface area contributed by atoms with E-state index in [0.29, 0.717) is 18.6 Å². The number of carbonyl (C=O) groups excluding carboxylic acids is 1. The highest BCUT2D eigenvalue weighted by Crippen LogP contribution is 2.05. The van der Waals surface area contributed by atoms with E-state index in [0.717, 1.165) is 12.0 Å². The third-order valence-electron chi connectivity index (χ3n) is 2.73. The van der Waals surface area contributed by atoms with Gasteiger partial charge in [0.2, 0.25) is 0 Å². The lowest BCUT2D eigenvalue weighted by atomic mass is 10.1. The molecule has 1 aromatic rings. The van der Waals surface area contributed by atoms with Crippen LogP contribution < -0.4 is 5.32 Å². The molecule has 108 valence electrons. The minimum absolute atomic E-state index is 0.0458. The highest BCUT2D eigenvalue weighted by molar-refractivity contribution is 5.94. The van der Waals surface area contributed by atoms with Crippen LogP contribution in [0.5, 0.6) is 0 Å². The molecule has 1 atom stereocenters. The Hall–Kier alpha value is -1.83. The Balaban J connectivity index is 2.64. The number of methoxy groups -OCH3 is 1. The fraction of sp³-hybridized carbons (Fsp3) is 0.438. The number of amides is 1. The number of aliphatic hydroxyl groups is 1. The van der Waals surface area contributed by atoms with Gasteiger partial charge in [0, 0.05) is 37.3 Å². The van der Waals surface area contributed by atoms with Crippen LogP contribution in [0.3, 0.4) is 0 Å². The van der Waals surface area contributed by atoms with E-state index in [9.17, 15) is 4.79 Å². The van der Waals surface area contributed by atoms with Gasteiger partial charge in [-0.15, -0.1) is 0 Å². The van der Waals surface area contributed by atoms with Crippen molar-refractivity contribution in [3.8, 4) is 11.8 Å². The van der Waals surface area contributed by atoms with Crippen molar-refractivity contribution in [1.82, 2.24) is 5.32 Å². The van der Waals surface area contributed by atoms with Crippen LogP contribution in [0.15, 0.2) is 24.3 Å². The first kappa shape index (κ1) is 16.2. The van der Waals surface area contributed by atoms with E-state index in [2.05, 4.69) is 17.2 Å². The zero-order chi connectivity index (χ0) is 14.8. The SMILES string of the molecule is COCCC(C)NC(=O)c1cccc(C#CCCO)c1. The fourth-order valence-electron chi connectivity index (χ4n) is 1.63. The summed E-state index contributed by atoms with van der Waals surface area (Å²) in [7, 11) is 1.64. The van der Waals surface area contributed by atoms with Gasteiger partial charge in [-0.05, 0) is 31.5 Å². The van der Waals surface area contributed by atoms with Gasteiger partial charge in [0.15, 0.2) is 0 Å². The van der Waals surface area contributed by atoms with Gasteiger partial charge in [-0.1, -0.05) is 17.9 Å². The second-order valence-corrected chi connectivity index (χ2v) is 4.51. The molecule has 1 rings (SSSR count). The first-order valence-corrected chi connectivity index (χ1v) is 6.67. The maximum atomic E-state index is 12.1. The summed E-state index contributed by atoms with van der Waals surface area (Å²) in [5.41, 5.74) is 1.36. The Bertz CT molecular complexity index is 488. The average molecular weight is 275 g/mol. The van der Waals surface area contributed by atoms with Crippen molar-refractivity contribution < 1.29 is 14.6 Å². The topological polar surface area (TPSA) is 58.6 Å². The molecule has 0 aromatic heterocycles. The number of rotatable bonds is 6. The van der Waals surface area contributed by atoms with E-state index >= 15 is 0 Å². The van der Waals surface area contributed by atoms with Gasteiger partial charge in [-0.2, -0.15) is 0 Å². The standard InChI is InChI=1S/C16H21NO3/c1-13(9-11-20-2)17-16(19)15-8-5-7-14(12-15)6-3-4-10-18/h5,7-8,12-13,18H,4,9-11H2,1-2H3,(H,17,19). The van der Waals surface area contributed by atoms with E-state index in [1.807, 2.05) is 13.0 Å². The normalized spacial score (nSPS) is 11.3. The number of benzene rings is 1. The van der Waals surface area contributed by atoms with Gasteiger partial charge in [-0.25, -0.2) is 0 Å².